The molecular weight excluding hydrogens is 296 g/mol. The first kappa shape index (κ1) is 16.6. The lowest BCUT2D eigenvalue weighted by molar-refractivity contribution is 0.0932. The molecule has 0 atom stereocenters. The van der Waals surface area contributed by atoms with Gasteiger partial charge in [0, 0.05) is 19.6 Å². The quantitative estimate of drug-likeness (QED) is 0.825. The maximum atomic E-state index is 12.2. The van der Waals surface area contributed by atoms with Gasteiger partial charge in [0.1, 0.15) is 4.88 Å². The number of hydrogen-bond donors (Lipinski definition) is 2. The van der Waals surface area contributed by atoms with Crippen LogP contribution in [0.25, 0.3) is 0 Å². The summed E-state index contributed by atoms with van der Waals surface area (Å²) in [4.78, 5) is 17.1. The van der Waals surface area contributed by atoms with E-state index < -0.39 is 0 Å². The summed E-state index contributed by atoms with van der Waals surface area (Å²) in [6.07, 6.45) is 3.04. The molecule has 0 saturated heterocycles. The highest BCUT2D eigenvalue weighted by atomic mass is 32.1. The Bertz CT molecular complexity index is 608. The Kier molecular flexibility index (Phi) is 5.69. The molecule has 0 aliphatic rings. The largest absolute Gasteiger partial charge is 0.396 e. The zero-order valence-electron chi connectivity index (χ0n) is 13.0. The number of hydrogen-bond acceptors (Lipinski definition) is 4. The summed E-state index contributed by atoms with van der Waals surface area (Å²) in [6, 6.07) is 10.1. The van der Waals surface area contributed by atoms with Crippen LogP contribution in [0.3, 0.4) is 0 Å². The summed E-state index contributed by atoms with van der Waals surface area (Å²) < 4.78 is 0. The van der Waals surface area contributed by atoms with Crippen molar-refractivity contribution in [3.05, 3.63) is 52.0 Å². The first-order valence-electron chi connectivity index (χ1n) is 7.38. The van der Waals surface area contributed by atoms with Crippen molar-refractivity contribution in [3.63, 3.8) is 0 Å². The van der Waals surface area contributed by atoms with E-state index in [1.165, 1.54) is 16.9 Å². The van der Waals surface area contributed by atoms with Gasteiger partial charge in [-0.2, -0.15) is 0 Å². The highest BCUT2D eigenvalue weighted by molar-refractivity contribution is 7.13. The predicted octanol–water partition coefficient (Wildman–Crippen LogP) is 2.87. The number of rotatable bonds is 7. The fraction of sp³-hybridized carbons (Fsp3) is 0.412. The lowest BCUT2D eigenvalue weighted by Gasteiger charge is -2.23. The molecule has 0 aliphatic carbocycles. The molecule has 0 radical (unpaired) electrons. The molecule has 0 unspecified atom stereocenters. The van der Waals surface area contributed by atoms with E-state index in [-0.39, 0.29) is 17.9 Å². The van der Waals surface area contributed by atoms with Crippen LogP contribution in [-0.4, -0.2) is 29.1 Å². The van der Waals surface area contributed by atoms with Crippen molar-refractivity contribution in [1.82, 2.24) is 10.3 Å². The Morgan fingerprint density at radius 1 is 1.32 bits per heavy atom. The number of amides is 1. The van der Waals surface area contributed by atoms with Crippen molar-refractivity contribution in [2.24, 2.45) is 5.41 Å². The van der Waals surface area contributed by atoms with Crippen molar-refractivity contribution < 1.29 is 9.90 Å². The van der Waals surface area contributed by atoms with Gasteiger partial charge in [0.2, 0.25) is 0 Å². The molecule has 0 spiro atoms. The first-order chi connectivity index (χ1) is 10.5. The monoisotopic (exact) mass is 318 g/mol. The summed E-state index contributed by atoms with van der Waals surface area (Å²) in [5.41, 5.74) is 1.08. The number of carbonyl (C=O) groups is 1. The third kappa shape index (κ3) is 4.93. The Balaban J connectivity index is 1.92. The van der Waals surface area contributed by atoms with Gasteiger partial charge >= 0.3 is 0 Å². The van der Waals surface area contributed by atoms with Crippen LogP contribution >= 0.6 is 11.3 Å². The highest BCUT2D eigenvalue weighted by Gasteiger charge is 2.19. The van der Waals surface area contributed by atoms with Gasteiger partial charge in [0.05, 0.1) is 11.2 Å². The van der Waals surface area contributed by atoms with Crippen LogP contribution in [0.5, 0.6) is 0 Å². The van der Waals surface area contributed by atoms with Crippen LogP contribution in [0.15, 0.2) is 36.5 Å². The summed E-state index contributed by atoms with van der Waals surface area (Å²) in [5, 5.41) is 12.9. The molecule has 0 aliphatic heterocycles. The number of aromatic nitrogens is 1. The SMILES string of the molecule is CC(C)(CCO)CNC(=O)c1cnc(Cc2ccccc2)s1. The lowest BCUT2D eigenvalue weighted by Crippen LogP contribution is -2.34. The Hall–Kier alpha value is -1.72. The van der Waals surface area contributed by atoms with Gasteiger partial charge in [-0.15, -0.1) is 11.3 Å². The molecule has 1 heterocycles. The van der Waals surface area contributed by atoms with E-state index >= 15 is 0 Å². The Labute approximate surface area is 135 Å². The normalized spacial score (nSPS) is 11.4. The maximum Gasteiger partial charge on any atom is 0.263 e. The van der Waals surface area contributed by atoms with E-state index in [1.54, 1.807) is 6.20 Å². The Morgan fingerprint density at radius 3 is 2.73 bits per heavy atom. The van der Waals surface area contributed by atoms with E-state index in [0.29, 0.717) is 17.8 Å². The minimum Gasteiger partial charge on any atom is -0.396 e. The fourth-order valence-corrected chi connectivity index (χ4v) is 2.93. The molecule has 2 rings (SSSR count). The number of benzene rings is 1. The second-order valence-electron chi connectivity index (χ2n) is 6.10. The second kappa shape index (κ2) is 7.51. The average Bonchev–Trinajstić information content (AvgIpc) is 2.94. The van der Waals surface area contributed by atoms with E-state index in [0.717, 1.165) is 11.4 Å². The molecule has 0 saturated carbocycles. The topological polar surface area (TPSA) is 62.2 Å². The van der Waals surface area contributed by atoms with Crippen LogP contribution in [0.4, 0.5) is 0 Å². The van der Waals surface area contributed by atoms with Crippen LogP contribution in [0.2, 0.25) is 0 Å². The van der Waals surface area contributed by atoms with Gasteiger partial charge in [0.15, 0.2) is 0 Å². The lowest BCUT2D eigenvalue weighted by atomic mass is 9.90. The zero-order valence-corrected chi connectivity index (χ0v) is 13.8. The number of thiazole rings is 1. The molecule has 1 amide bonds. The van der Waals surface area contributed by atoms with Gasteiger partial charge in [-0.1, -0.05) is 44.2 Å². The van der Waals surface area contributed by atoms with Crippen molar-refractivity contribution in [2.75, 3.05) is 13.2 Å². The minimum absolute atomic E-state index is 0.0946. The van der Waals surface area contributed by atoms with Crippen LogP contribution in [0, 0.1) is 5.41 Å². The van der Waals surface area contributed by atoms with E-state index in [9.17, 15) is 4.79 Å². The van der Waals surface area contributed by atoms with Gasteiger partial charge in [-0.3, -0.25) is 4.79 Å². The summed E-state index contributed by atoms with van der Waals surface area (Å²) in [7, 11) is 0. The fourth-order valence-electron chi connectivity index (χ4n) is 2.07. The van der Waals surface area contributed by atoms with E-state index in [4.69, 9.17) is 5.11 Å². The molecule has 1 aromatic carbocycles. The molecular formula is C17H22N2O2S. The maximum absolute atomic E-state index is 12.2. The third-order valence-electron chi connectivity index (χ3n) is 3.49. The first-order valence-corrected chi connectivity index (χ1v) is 8.19. The molecule has 118 valence electrons. The molecule has 22 heavy (non-hydrogen) atoms. The number of nitrogens with zero attached hydrogens (tertiary/aromatic N) is 1. The molecule has 4 nitrogen and oxygen atoms in total. The highest BCUT2D eigenvalue weighted by Crippen LogP contribution is 2.20. The number of nitrogens with one attached hydrogen (secondary N) is 1. The van der Waals surface area contributed by atoms with E-state index in [1.807, 2.05) is 32.0 Å². The third-order valence-corrected chi connectivity index (χ3v) is 4.49. The van der Waals surface area contributed by atoms with Crippen LogP contribution < -0.4 is 5.32 Å². The molecule has 5 heteroatoms. The number of aliphatic hydroxyl groups is 1. The minimum atomic E-state index is -0.109. The smallest absolute Gasteiger partial charge is 0.263 e. The van der Waals surface area contributed by atoms with Gasteiger partial charge in [0.25, 0.3) is 5.91 Å². The predicted molar refractivity (Wildman–Crippen MR) is 89.2 cm³/mol. The standard InChI is InChI=1S/C17H22N2O2S/c1-17(2,8-9-20)12-19-16(21)14-11-18-15(22-14)10-13-6-4-3-5-7-13/h3-7,11,20H,8-10,12H2,1-2H3,(H,19,21). The van der Waals surface area contributed by atoms with Crippen molar-refractivity contribution in [3.8, 4) is 0 Å². The molecule has 1 aromatic heterocycles. The van der Waals surface area contributed by atoms with Crippen LogP contribution in [-0.2, 0) is 6.42 Å². The second-order valence-corrected chi connectivity index (χ2v) is 7.22. The molecule has 0 fully saturated rings. The number of carbonyl (C=O) groups excluding carboxylic acids is 1. The summed E-state index contributed by atoms with van der Waals surface area (Å²) >= 11 is 1.43. The van der Waals surface area contributed by atoms with E-state index in [2.05, 4.69) is 22.4 Å². The van der Waals surface area contributed by atoms with Crippen molar-refractivity contribution >= 4 is 17.2 Å². The summed E-state index contributed by atoms with van der Waals surface area (Å²) in [6.45, 7) is 4.72. The van der Waals surface area contributed by atoms with Crippen molar-refractivity contribution in [2.45, 2.75) is 26.7 Å². The van der Waals surface area contributed by atoms with Gasteiger partial charge in [-0.05, 0) is 17.4 Å². The molecule has 2 N–H and O–H groups in total. The van der Waals surface area contributed by atoms with Crippen LogP contribution in [0.1, 0.15) is 40.5 Å². The van der Waals surface area contributed by atoms with Crippen molar-refractivity contribution in [1.29, 1.82) is 0 Å². The van der Waals surface area contributed by atoms with Gasteiger partial charge in [-0.25, -0.2) is 4.98 Å². The molecule has 2 aromatic rings. The average molecular weight is 318 g/mol. The zero-order chi connectivity index (χ0) is 16.0. The van der Waals surface area contributed by atoms with Gasteiger partial charge < -0.3 is 10.4 Å². The summed E-state index contributed by atoms with van der Waals surface area (Å²) in [5.74, 6) is -0.0946. The Morgan fingerprint density at radius 2 is 2.05 bits per heavy atom. The molecule has 0 bridgehead atoms. The number of aliphatic hydroxyl groups excluding tert-OH is 1.